The third-order valence-corrected chi connectivity index (χ3v) is 4.06. The second kappa shape index (κ2) is 5.07. The summed E-state index contributed by atoms with van der Waals surface area (Å²) in [4.78, 5) is -0.0539. The predicted octanol–water partition coefficient (Wildman–Crippen LogP) is 2.86. The molecule has 0 aliphatic heterocycles. The van der Waals surface area contributed by atoms with Crippen molar-refractivity contribution in [3.63, 3.8) is 0 Å². The number of nitrogens with two attached hydrogens (primary N) is 1. The maximum atomic E-state index is 12.8. The van der Waals surface area contributed by atoms with Gasteiger partial charge in [-0.3, -0.25) is 4.72 Å². The van der Waals surface area contributed by atoms with Crippen LogP contribution in [-0.4, -0.2) is 8.42 Å². The zero-order chi connectivity index (χ0) is 14.0. The van der Waals surface area contributed by atoms with Gasteiger partial charge in [-0.05, 0) is 42.5 Å². The normalized spacial score (nSPS) is 11.3. The third-order valence-electron chi connectivity index (χ3n) is 2.36. The zero-order valence-electron chi connectivity index (χ0n) is 9.60. The highest BCUT2D eigenvalue weighted by Gasteiger charge is 2.15. The van der Waals surface area contributed by atoms with E-state index in [-0.39, 0.29) is 15.6 Å². The van der Waals surface area contributed by atoms with E-state index in [9.17, 15) is 12.8 Å². The van der Waals surface area contributed by atoms with Crippen LogP contribution in [0.1, 0.15) is 0 Å². The van der Waals surface area contributed by atoms with Crippen molar-refractivity contribution in [2.75, 3.05) is 10.5 Å². The van der Waals surface area contributed by atoms with Gasteiger partial charge in [0.2, 0.25) is 0 Å². The molecule has 7 heteroatoms. The van der Waals surface area contributed by atoms with Gasteiger partial charge in [-0.25, -0.2) is 12.8 Å². The number of anilines is 2. The van der Waals surface area contributed by atoms with Crippen molar-refractivity contribution < 1.29 is 12.8 Å². The van der Waals surface area contributed by atoms with Gasteiger partial charge >= 0.3 is 0 Å². The molecular weight excluding hydrogens is 291 g/mol. The second-order valence-corrected chi connectivity index (χ2v) is 5.89. The van der Waals surface area contributed by atoms with Crippen LogP contribution < -0.4 is 10.5 Å². The van der Waals surface area contributed by atoms with E-state index in [2.05, 4.69) is 4.72 Å². The van der Waals surface area contributed by atoms with Crippen LogP contribution in [0.15, 0.2) is 47.4 Å². The van der Waals surface area contributed by atoms with Crippen LogP contribution in [0.3, 0.4) is 0 Å². The van der Waals surface area contributed by atoms with Gasteiger partial charge in [-0.15, -0.1) is 0 Å². The summed E-state index contributed by atoms with van der Waals surface area (Å²) in [5, 5.41) is 0.186. The molecule has 2 aromatic rings. The quantitative estimate of drug-likeness (QED) is 0.856. The summed E-state index contributed by atoms with van der Waals surface area (Å²) < 4.78 is 39.1. The third kappa shape index (κ3) is 3.15. The Morgan fingerprint density at radius 2 is 1.74 bits per heavy atom. The van der Waals surface area contributed by atoms with Crippen molar-refractivity contribution in [1.82, 2.24) is 0 Å². The fourth-order valence-electron chi connectivity index (χ4n) is 1.43. The van der Waals surface area contributed by atoms with Crippen LogP contribution in [0.5, 0.6) is 0 Å². The molecule has 3 N–H and O–H groups in total. The van der Waals surface area contributed by atoms with E-state index in [1.54, 1.807) is 0 Å². The van der Waals surface area contributed by atoms with Gasteiger partial charge in [0.1, 0.15) is 5.82 Å². The Labute approximate surface area is 115 Å². The lowest BCUT2D eigenvalue weighted by Crippen LogP contribution is -2.13. The number of benzene rings is 2. The number of halogens is 2. The SMILES string of the molecule is Nc1ccc(NS(=O)(=O)c2ccc(F)cc2)c(Cl)c1. The summed E-state index contributed by atoms with van der Waals surface area (Å²) in [7, 11) is -3.81. The Kier molecular flexibility index (Phi) is 3.64. The lowest BCUT2D eigenvalue weighted by molar-refractivity contribution is 0.599. The van der Waals surface area contributed by atoms with E-state index in [4.69, 9.17) is 17.3 Å². The minimum absolute atomic E-state index is 0.0539. The number of hydrogen-bond donors (Lipinski definition) is 2. The smallest absolute Gasteiger partial charge is 0.261 e. The molecule has 0 spiro atoms. The first kappa shape index (κ1) is 13.6. The molecule has 0 radical (unpaired) electrons. The topological polar surface area (TPSA) is 72.2 Å². The fourth-order valence-corrected chi connectivity index (χ4v) is 2.80. The van der Waals surface area contributed by atoms with Crippen LogP contribution in [-0.2, 0) is 10.0 Å². The fraction of sp³-hybridized carbons (Fsp3) is 0. The van der Waals surface area contributed by atoms with Crippen LogP contribution in [0.25, 0.3) is 0 Å². The molecule has 0 saturated carbocycles. The summed E-state index contributed by atoms with van der Waals surface area (Å²) in [6.07, 6.45) is 0. The number of nitrogens with one attached hydrogen (secondary N) is 1. The van der Waals surface area contributed by atoms with Gasteiger partial charge in [0.25, 0.3) is 10.0 Å². The molecule has 2 rings (SSSR count). The molecule has 100 valence electrons. The number of hydrogen-bond acceptors (Lipinski definition) is 3. The Bertz CT molecular complexity index is 702. The van der Waals surface area contributed by atoms with Gasteiger partial charge in [0.05, 0.1) is 15.6 Å². The zero-order valence-corrected chi connectivity index (χ0v) is 11.2. The van der Waals surface area contributed by atoms with Crippen molar-refractivity contribution in [2.24, 2.45) is 0 Å². The molecule has 0 saturated heterocycles. The minimum Gasteiger partial charge on any atom is -0.399 e. The maximum absolute atomic E-state index is 12.8. The van der Waals surface area contributed by atoms with E-state index in [0.29, 0.717) is 5.69 Å². The molecule has 0 aliphatic rings. The van der Waals surface area contributed by atoms with Crippen LogP contribution in [0.4, 0.5) is 15.8 Å². The lowest BCUT2D eigenvalue weighted by atomic mass is 10.3. The predicted molar refractivity (Wildman–Crippen MR) is 73.1 cm³/mol. The molecule has 0 amide bonds. The average Bonchev–Trinajstić information content (AvgIpc) is 2.33. The monoisotopic (exact) mass is 300 g/mol. The van der Waals surface area contributed by atoms with Crippen molar-refractivity contribution in [3.8, 4) is 0 Å². The Hall–Kier alpha value is -1.79. The molecule has 0 fully saturated rings. The summed E-state index contributed by atoms with van der Waals surface area (Å²) >= 11 is 5.88. The molecule has 19 heavy (non-hydrogen) atoms. The summed E-state index contributed by atoms with van der Waals surface area (Å²) in [6.45, 7) is 0. The number of sulfonamides is 1. The summed E-state index contributed by atoms with van der Waals surface area (Å²) in [5.41, 5.74) is 6.15. The lowest BCUT2D eigenvalue weighted by Gasteiger charge is -2.10. The largest absolute Gasteiger partial charge is 0.399 e. The van der Waals surface area contributed by atoms with E-state index >= 15 is 0 Å². The molecule has 2 aromatic carbocycles. The molecular formula is C12H10ClFN2O2S. The highest BCUT2D eigenvalue weighted by atomic mass is 35.5. The second-order valence-electron chi connectivity index (χ2n) is 3.80. The van der Waals surface area contributed by atoms with Crippen molar-refractivity contribution in [3.05, 3.63) is 53.3 Å². The van der Waals surface area contributed by atoms with Crippen LogP contribution in [0.2, 0.25) is 5.02 Å². The summed E-state index contributed by atoms with van der Waals surface area (Å²) in [6, 6.07) is 8.89. The molecule has 0 atom stereocenters. The van der Waals surface area contributed by atoms with E-state index < -0.39 is 15.8 Å². The Morgan fingerprint density at radius 3 is 2.32 bits per heavy atom. The molecule has 0 unspecified atom stereocenters. The van der Waals surface area contributed by atoms with Crippen molar-refractivity contribution in [1.29, 1.82) is 0 Å². The summed E-state index contributed by atoms with van der Waals surface area (Å²) in [5.74, 6) is -0.510. The highest BCUT2D eigenvalue weighted by Crippen LogP contribution is 2.26. The van der Waals surface area contributed by atoms with Crippen LogP contribution >= 0.6 is 11.6 Å². The van der Waals surface area contributed by atoms with Gasteiger partial charge in [-0.1, -0.05) is 11.6 Å². The van der Waals surface area contributed by atoms with Gasteiger partial charge in [-0.2, -0.15) is 0 Å². The molecule has 0 aliphatic carbocycles. The maximum Gasteiger partial charge on any atom is 0.261 e. The van der Waals surface area contributed by atoms with Crippen molar-refractivity contribution >= 4 is 33.0 Å². The Morgan fingerprint density at radius 1 is 1.11 bits per heavy atom. The standard InChI is InChI=1S/C12H10ClFN2O2S/c13-11-7-9(15)3-6-12(11)16-19(17,18)10-4-1-8(14)2-5-10/h1-7,16H,15H2. The van der Waals surface area contributed by atoms with Crippen LogP contribution in [0, 0.1) is 5.82 Å². The first-order valence-corrected chi connectivity index (χ1v) is 7.08. The minimum atomic E-state index is -3.81. The first-order chi connectivity index (χ1) is 8.88. The van der Waals surface area contributed by atoms with Gasteiger partial charge < -0.3 is 5.73 Å². The first-order valence-electron chi connectivity index (χ1n) is 5.22. The molecule has 0 bridgehead atoms. The van der Waals surface area contributed by atoms with E-state index in [1.807, 2.05) is 0 Å². The number of rotatable bonds is 3. The van der Waals surface area contributed by atoms with E-state index in [0.717, 1.165) is 12.1 Å². The van der Waals surface area contributed by atoms with Gasteiger partial charge in [0, 0.05) is 5.69 Å². The molecule has 0 aromatic heterocycles. The average molecular weight is 301 g/mol. The Balaban J connectivity index is 2.33. The van der Waals surface area contributed by atoms with E-state index in [1.165, 1.54) is 30.3 Å². The van der Waals surface area contributed by atoms with Crippen molar-refractivity contribution in [2.45, 2.75) is 4.90 Å². The number of nitrogen functional groups attached to an aromatic ring is 1. The molecule has 0 heterocycles. The van der Waals surface area contributed by atoms with Gasteiger partial charge in [0.15, 0.2) is 0 Å². The molecule has 4 nitrogen and oxygen atoms in total. The highest BCUT2D eigenvalue weighted by molar-refractivity contribution is 7.92.